The van der Waals surface area contributed by atoms with Crippen LogP contribution in [0.1, 0.15) is 12.5 Å². The maximum absolute atomic E-state index is 8.88. The van der Waals surface area contributed by atoms with Crippen LogP contribution in [-0.2, 0) is 0 Å². The van der Waals surface area contributed by atoms with Gasteiger partial charge in [-0.3, -0.25) is 0 Å². The molecule has 1 aliphatic rings. The largest absolute Gasteiger partial charge is 0.340 e. The lowest BCUT2D eigenvalue weighted by Crippen LogP contribution is -2.19. The van der Waals surface area contributed by atoms with E-state index in [4.69, 9.17) is 10.5 Å². The Hall–Kier alpha value is -2.69. The van der Waals surface area contributed by atoms with Crippen LogP contribution in [0.4, 0.5) is 11.4 Å². The average Bonchev–Trinajstić information content (AvgIpc) is 2.57. The molecule has 0 radical (unpaired) electrons. The number of allylic oxidation sites excluding steroid dienone is 1. The normalized spacial score (nSPS) is 11.7. The fourth-order valence-electron chi connectivity index (χ4n) is 2.54. The van der Waals surface area contributed by atoms with Crippen molar-refractivity contribution in [2.45, 2.75) is 16.7 Å². The first-order chi connectivity index (χ1) is 10.8. The van der Waals surface area contributed by atoms with E-state index in [9.17, 15) is 0 Å². The molecule has 0 spiro atoms. The van der Waals surface area contributed by atoms with Gasteiger partial charge in [0.2, 0.25) is 0 Å². The fraction of sp³-hybridized carbons (Fsp3) is 0.111. The van der Waals surface area contributed by atoms with Gasteiger partial charge < -0.3 is 4.90 Å². The van der Waals surface area contributed by atoms with Gasteiger partial charge in [0.15, 0.2) is 0 Å². The van der Waals surface area contributed by atoms with Crippen molar-refractivity contribution in [1.29, 1.82) is 10.5 Å². The highest BCUT2D eigenvalue weighted by atomic mass is 32.2. The molecule has 0 amide bonds. The molecule has 3 nitrogen and oxygen atoms in total. The van der Waals surface area contributed by atoms with Crippen LogP contribution in [0.25, 0.3) is 6.08 Å². The molecule has 0 atom stereocenters. The number of hydrogen-bond donors (Lipinski definition) is 0. The third-order valence-electron chi connectivity index (χ3n) is 3.52. The summed E-state index contributed by atoms with van der Waals surface area (Å²) in [5.74, 6) is 0. The first-order valence-corrected chi connectivity index (χ1v) is 7.79. The molecule has 2 aromatic carbocycles. The lowest BCUT2D eigenvalue weighted by Gasteiger charge is -2.32. The molecular formula is C18H13N3S. The summed E-state index contributed by atoms with van der Waals surface area (Å²) in [6.07, 6.45) is 1.62. The van der Waals surface area contributed by atoms with Crippen molar-refractivity contribution in [3.8, 4) is 12.1 Å². The Kier molecular flexibility index (Phi) is 3.87. The zero-order valence-corrected chi connectivity index (χ0v) is 12.9. The molecule has 0 saturated heterocycles. The van der Waals surface area contributed by atoms with Crippen molar-refractivity contribution < 1.29 is 0 Å². The zero-order valence-electron chi connectivity index (χ0n) is 12.1. The first-order valence-electron chi connectivity index (χ1n) is 6.97. The molecule has 2 aromatic rings. The summed E-state index contributed by atoms with van der Waals surface area (Å²) in [6.45, 7) is 3.02. The second kappa shape index (κ2) is 5.97. The Morgan fingerprint density at radius 2 is 1.82 bits per heavy atom. The highest BCUT2D eigenvalue weighted by Crippen LogP contribution is 2.48. The third-order valence-corrected chi connectivity index (χ3v) is 4.63. The van der Waals surface area contributed by atoms with Gasteiger partial charge in [0, 0.05) is 16.3 Å². The number of rotatable bonds is 2. The molecule has 3 rings (SSSR count). The Morgan fingerprint density at radius 3 is 2.55 bits per heavy atom. The summed E-state index contributed by atoms with van der Waals surface area (Å²) in [5.41, 5.74) is 3.38. The van der Waals surface area contributed by atoms with E-state index in [-0.39, 0.29) is 5.57 Å². The van der Waals surface area contributed by atoms with Gasteiger partial charge in [-0.1, -0.05) is 30.0 Å². The highest BCUT2D eigenvalue weighted by molar-refractivity contribution is 7.99. The fourth-order valence-corrected chi connectivity index (χ4v) is 3.68. The molecule has 0 aliphatic carbocycles. The van der Waals surface area contributed by atoms with Crippen molar-refractivity contribution in [3.05, 3.63) is 53.6 Å². The van der Waals surface area contributed by atoms with Crippen LogP contribution in [0.3, 0.4) is 0 Å². The number of para-hydroxylation sites is 1. The summed E-state index contributed by atoms with van der Waals surface area (Å²) in [6, 6.07) is 18.2. The molecule has 0 aromatic heterocycles. The van der Waals surface area contributed by atoms with E-state index in [1.54, 1.807) is 17.8 Å². The van der Waals surface area contributed by atoms with E-state index in [0.29, 0.717) is 0 Å². The molecular weight excluding hydrogens is 290 g/mol. The second-order valence-electron chi connectivity index (χ2n) is 4.82. The third kappa shape index (κ3) is 2.45. The maximum atomic E-state index is 8.88. The number of nitrogens with zero attached hydrogens (tertiary/aromatic N) is 3. The molecule has 1 aliphatic heterocycles. The first kappa shape index (κ1) is 14.3. The van der Waals surface area contributed by atoms with Crippen molar-refractivity contribution in [3.63, 3.8) is 0 Å². The van der Waals surface area contributed by atoms with Crippen molar-refractivity contribution in [2.75, 3.05) is 11.4 Å². The summed E-state index contributed by atoms with van der Waals surface area (Å²) < 4.78 is 0. The Labute approximate surface area is 134 Å². The van der Waals surface area contributed by atoms with E-state index < -0.39 is 0 Å². The van der Waals surface area contributed by atoms with Crippen molar-refractivity contribution in [2.24, 2.45) is 0 Å². The summed E-state index contributed by atoms with van der Waals surface area (Å²) in [5, 5.41) is 17.8. The van der Waals surface area contributed by atoms with E-state index >= 15 is 0 Å². The van der Waals surface area contributed by atoms with Crippen LogP contribution < -0.4 is 4.90 Å². The average molecular weight is 303 g/mol. The van der Waals surface area contributed by atoms with Gasteiger partial charge in [-0.2, -0.15) is 10.5 Å². The topological polar surface area (TPSA) is 50.8 Å². The van der Waals surface area contributed by atoms with E-state index in [0.717, 1.165) is 17.0 Å². The minimum Gasteiger partial charge on any atom is -0.340 e. The van der Waals surface area contributed by atoms with Crippen LogP contribution in [-0.4, -0.2) is 6.54 Å². The molecule has 0 bridgehead atoms. The zero-order chi connectivity index (χ0) is 15.5. The summed E-state index contributed by atoms with van der Waals surface area (Å²) >= 11 is 1.72. The lowest BCUT2D eigenvalue weighted by atomic mass is 10.1. The standard InChI is InChI=1S/C18H13N3S/c1-2-21-15-5-3-4-6-17(15)22-18-10-13(7-8-16(18)21)9-14(11-19)12-20/h3-10H,2H2,1H3. The number of nitriles is 2. The Balaban J connectivity index is 2.07. The second-order valence-corrected chi connectivity index (χ2v) is 5.91. The maximum Gasteiger partial charge on any atom is 0.130 e. The predicted molar refractivity (Wildman–Crippen MR) is 88.9 cm³/mol. The molecule has 0 fully saturated rings. The monoisotopic (exact) mass is 303 g/mol. The van der Waals surface area contributed by atoms with E-state index in [1.807, 2.05) is 30.3 Å². The van der Waals surface area contributed by atoms with Gasteiger partial charge in [-0.25, -0.2) is 0 Å². The molecule has 4 heteroatoms. The quantitative estimate of drug-likeness (QED) is 0.752. The lowest BCUT2D eigenvalue weighted by molar-refractivity contribution is 0.979. The molecule has 0 unspecified atom stereocenters. The van der Waals surface area contributed by atoms with Crippen LogP contribution >= 0.6 is 11.8 Å². The Bertz CT molecular complexity index is 824. The summed E-state index contributed by atoms with van der Waals surface area (Å²) in [7, 11) is 0. The molecule has 1 heterocycles. The molecule has 0 saturated carbocycles. The minimum absolute atomic E-state index is 0.119. The number of fused-ring (bicyclic) bond motifs is 2. The highest BCUT2D eigenvalue weighted by Gasteiger charge is 2.21. The predicted octanol–water partition coefficient (Wildman–Crippen LogP) is 4.74. The molecule has 106 valence electrons. The molecule has 22 heavy (non-hydrogen) atoms. The van der Waals surface area contributed by atoms with E-state index in [1.165, 1.54) is 16.3 Å². The van der Waals surface area contributed by atoms with Crippen LogP contribution in [0.5, 0.6) is 0 Å². The van der Waals surface area contributed by atoms with Crippen molar-refractivity contribution in [1.82, 2.24) is 0 Å². The van der Waals surface area contributed by atoms with E-state index in [2.05, 4.69) is 36.1 Å². The SMILES string of the molecule is CCN1c2ccccc2Sc2cc(C=C(C#N)C#N)ccc21. The van der Waals surface area contributed by atoms with Gasteiger partial charge >= 0.3 is 0 Å². The van der Waals surface area contributed by atoms with Gasteiger partial charge in [-0.05, 0) is 42.8 Å². The van der Waals surface area contributed by atoms with Crippen molar-refractivity contribution >= 4 is 29.2 Å². The van der Waals surface area contributed by atoms with Crippen LogP contribution in [0.15, 0.2) is 57.8 Å². The smallest absolute Gasteiger partial charge is 0.130 e. The Morgan fingerprint density at radius 1 is 1.09 bits per heavy atom. The van der Waals surface area contributed by atoms with Gasteiger partial charge in [-0.15, -0.1) is 0 Å². The number of hydrogen-bond acceptors (Lipinski definition) is 4. The van der Waals surface area contributed by atoms with Gasteiger partial charge in [0.05, 0.1) is 11.4 Å². The number of anilines is 2. The van der Waals surface area contributed by atoms with Gasteiger partial charge in [0.1, 0.15) is 17.7 Å². The number of benzene rings is 2. The molecule has 0 N–H and O–H groups in total. The van der Waals surface area contributed by atoms with Gasteiger partial charge in [0.25, 0.3) is 0 Å². The van der Waals surface area contributed by atoms with Crippen LogP contribution in [0.2, 0.25) is 0 Å². The minimum atomic E-state index is 0.119. The summed E-state index contributed by atoms with van der Waals surface area (Å²) in [4.78, 5) is 4.65. The van der Waals surface area contributed by atoms with Crippen LogP contribution in [0, 0.1) is 22.7 Å².